The monoisotopic (exact) mass is 254 g/mol. The summed E-state index contributed by atoms with van der Waals surface area (Å²) in [6.07, 6.45) is 2.27. The Bertz CT molecular complexity index is 495. The number of nitrogen functional groups attached to an aromatic ring is 1. The van der Waals surface area contributed by atoms with Crippen molar-refractivity contribution in [3.8, 4) is 0 Å². The molecule has 0 radical (unpaired) electrons. The highest BCUT2D eigenvalue weighted by atomic mass is 32.2. The predicted octanol–water partition coefficient (Wildman–Crippen LogP) is 1.69. The van der Waals surface area contributed by atoms with Gasteiger partial charge < -0.3 is 5.73 Å². The molecule has 2 rings (SSSR count). The molecule has 1 aromatic carbocycles. The number of sulfonamides is 1. The van der Waals surface area contributed by atoms with Crippen LogP contribution in [0.15, 0.2) is 29.2 Å². The molecule has 0 aliphatic heterocycles. The van der Waals surface area contributed by atoms with Gasteiger partial charge in [-0.25, -0.2) is 8.42 Å². The van der Waals surface area contributed by atoms with Crippen molar-refractivity contribution >= 4 is 15.7 Å². The van der Waals surface area contributed by atoms with Gasteiger partial charge in [0.15, 0.2) is 0 Å². The highest BCUT2D eigenvalue weighted by Crippen LogP contribution is 2.32. The van der Waals surface area contributed by atoms with Crippen molar-refractivity contribution in [1.29, 1.82) is 0 Å². The van der Waals surface area contributed by atoms with E-state index in [2.05, 4.69) is 0 Å². The fourth-order valence-electron chi connectivity index (χ4n) is 1.84. The van der Waals surface area contributed by atoms with E-state index in [1.54, 1.807) is 24.3 Å². The van der Waals surface area contributed by atoms with Crippen LogP contribution in [0.25, 0.3) is 0 Å². The fraction of sp³-hybridized carbons (Fsp3) is 0.500. The van der Waals surface area contributed by atoms with Gasteiger partial charge in [0.2, 0.25) is 10.0 Å². The van der Waals surface area contributed by atoms with Crippen LogP contribution >= 0.6 is 0 Å². The van der Waals surface area contributed by atoms with E-state index >= 15 is 0 Å². The quantitative estimate of drug-likeness (QED) is 0.813. The molecular weight excluding hydrogens is 236 g/mol. The number of benzene rings is 1. The van der Waals surface area contributed by atoms with E-state index in [1.807, 2.05) is 6.92 Å². The van der Waals surface area contributed by atoms with E-state index in [4.69, 9.17) is 5.73 Å². The van der Waals surface area contributed by atoms with Gasteiger partial charge in [-0.3, -0.25) is 0 Å². The van der Waals surface area contributed by atoms with Crippen LogP contribution in [0.3, 0.4) is 0 Å². The van der Waals surface area contributed by atoms with E-state index < -0.39 is 10.0 Å². The molecule has 1 aliphatic rings. The first kappa shape index (κ1) is 12.4. The van der Waals surface area contributed by atoms with E-state index in [1.165, 1.54) is 4.31 Å². The highest BCUT2D eigenvalue weighted by Gasteiger charge is 2.31. The van der Waals surface area contributed by atoms with Crippen LogP contribution in [0, 0.1) is 5.92 Å². The molecule has 0 amide bonds. The SMILES string of the molecule is CCN(CC1CC1)S(=O)(=O)c1ccccc1N. The number of hydrogen-bond donors (Lipinski definition) is 1. The predicted molar refractivity (Wildman–Crippen MR) is 68.0 cm³/mol. The molecule has 0 saturated heterocycles. The summed E-state index contributed by atoms with van der Waals surface area (Å²) in [5.74, 6) is 0.537. The second kappa shape index (κ2) is 4.66. The minimum atomic E-state index is -3.43. The lowest BCUT2D eigenvalue weighted by molar-refractivity contribution is 0.412. The Hall–Kier alpha value is -1.07. The summed E-state index contributed by atoms with van der Waals surface area (Å²) in [5, 5.41) is 0. The van der Waals surface area contributed by atoms with Gasteiger partial charge in [-0.2, -0.15) is 4.31 Å². The van der Waals surface area contributed by atoms with Crippen molar-refractivity contribution < 1.29 is 8.42 Å². The Morgan fingerprint density at radius 1 is 1.35 bits per heavy atom. The maximum Gasteiger partial charge on any atom is 0.245 e. The second-order valence-electron chi connectivity index (χ2n) is 4.44. The van der Waals surface area contributed by atoms with Gasteiger partial charge in [-0.15, -0.1) is 0 Å². The third-order valence-electron chi connectivity index (χ3n) is 3.05. The molecule has 94 valence electrons. The summed E-state index contributed by atoms with van der Waals surface area (Å²) in [5.41, 5.74) is 6.06. The summed E-state index contributed by atoms with van der Waals surface area (Å²) in [4.78, 5) is 0.225. The summed E-state index contributed by atoms with van der Waals surface area (Å²) in [7, 11) is -3.43. The number of para-hydroxylation sites is 1. The largest absolute Gasteiger partial charge is 0.398 e. The molecule has 17 heavy (non-hydrogen) atoms. The third-order valence-corrected chi connectivity index (χ3v) is 5.06. The Morgan fingerprint density at radius 3 is 2.53 bits per heavy atom. The number of hydrogen-bond acceptors (Lipinski definition) is 3. The molecule has 0 spiro atoms. The minimum absolute atomic E-state index is 0.225. The molecule has 0 atom stereocenters. The van der Waals surface area contributed by atoms with Crippen molar-refractivity contribution in [2.75, 3.05) is 18.8 Å². The van der Waals surface area contributed by atoms with Crippen molar-refractivity contribution in [1.82, 2.24) is 4.31 Å². The molecule has 0 heterocycles. The number of anilines is 1. The summed E-state index contributed by atoms with van der Waals surface area (Å²) >= 11 is 0. The van der Waals surface area contributed by atoms with Crippen LogP contribution in [0.5, 0.6) is 0 Å². The topological polar surface area (TPSA) is 63.4 Å². The molecular formula is C12H18N2O2S. The zero-order valence-electron chi connectivity index (χ0n) is 9.96. The summed E-state index contributed by atoms with van der Waals surface area (Å²) in [6, 6.07) is 6.64. The van der Waals surface area contributed by atoms with Crippen molar-refractivity contribution in [3.05, 3.63) is 24.3 Å². The summed E-state index contributed by atoms with van der Waals surface area (Å²) < 4.78 is 26.3. The van der Waals surface area contributed by atoms with Gasteiger partial charge in [-0.1, -0.05) is 19.1 Å². The van der Waals surface area contributed by atoms with Crippen LogP contribution in [0.4, 0.5) is 5.69 Å². The molecule has 0 unspecified atom stereocenters. The van der Waals surface area contributed by atoms with Crippen LogP contribution in [-0.2, 0) is 10.0 Å². The molecule has 4 nitrogen and oxygen atoms in total. The number of nitrogens with two attached hydrogens (primary N) is 1. The maximum absolute atomic E-state index is 12.4. The Morgan fingerprint density at radius 2 is 2.00 bits per heavy atom. The van der Waals surface area contributed by atoms with Gasteiger partial charge in [0, 0.05) is 13.1 Å². The Kier molecular flexibility index (Phi) is 3.40. The lowest BCUT2D eigenvalue weighted by atomic mass is 10.3. The van der Waals surface area contributed by atoms with Gasteiger partial charge in [-0.05, 0) is 30.9 Å². The van der Waals surface area contributed by atoms with Crippen LogP contribution in [0.1, 0.15) is 19.8 Å². The van der Waals surface area contributed by atoms with Gasteiger partial charge in [0.05, 0.1) is 5.69 Å². The molecule has 1 aromatic rings. The molecule has 1 saturated carbocycles. The highest BCUT2D eigenvalue weighted by molar-refractivity contribution is 7.89. The number of rotatable bonds is 5. The summed E-state index contributed by atoms with van der Waals surface area (Å²) in [6.45, 7) is 2.97. The van der Waals surface area contributed by atoms with Crippen LogP contribution in [-0.4, -0.2) is 25.8 Å². The lowest BCUT2D eigenvalue weighted by Gasteiger charge is -2.21. The standard InChI is InChI=1S/C12H18N2O2S/c1-2-14(9-10-7-8-10)17(15,16)12-6-4-3-5-11(12)13/h3-6,10H,2,7-9,13H2,1H3. The first-order valence-electron chi connectivity index (χ1n) is 5.90. The Labute approximate surface area is 102 Å². The Balaban J connectivity index is 2.30. The maximum atomic E-state index is 12.4. The smallest absolute Gasteiger partial charge is 0.245 e. The van der Waals surface area contributed by atoms with Gasteiger partial charge >= 0.3 is 0 Å². The normalized spacial score (nSPS) is 16.4. The van der Waals surface area contributed by atoms with Gasteiger partial charge in [0.1, 0.15) is 4.90 Å². The van der Waals surface area contributed by atoms with Crippen molar-refractivity contribution in [3.63, 3.8) is 0 Å². The average molecular weight is 254 g/mol. The lowest BCUT2D eigenvalue weighted by Crippen LogP contribution is -2.33. The van der Waals surface area contributed by atoms with E-state index in [0.717, 1.165) is 12.8 Å². The zero-order valence-corrected chi connectivity index (χ0v) is 10.8. The molecule has 5 heteroatoms. The first-order chi connectivity index (χ1) is 8.05. The number of nitrogens with zero attached hydrogens (tertiary/aromatic N) is 1. The first-order valence-corrected chi connectivity index (χ1v) is 7.34. The molecule has 2 N–H and O–H groups in total. The van der Waals surface area contributed by atoms with E-state index in [9.17, 15) is 8.42 Å². The van der Waals surface area contributed by atoms with Crippen LogP contribution < -0.4 is 5.73 Å². The van der Waals surface area contributed by atoms with E-state index in [-0.39, 0.29) is 4.90 Å². The average Bonchev–Trinajstić information content (AvgIpc) is 3.09. The van der Waals surface area contributed by atoms with Crippen molar-refractivity contribution in [2.45, 2.75) is 24.7 Å². The van der Waals surface area contributed by atoms with Gasteiger partial charge in [0.25, 0.3) is 0 Å². The van der Waals surface area contributed by atoms with Crippen molar-refractivity contribution in [2.24, 2.45) is 5.92 Å². The minimum Gasteiger partial charge on any atom is -0.398 e. The zero-order chi connectivity index (χ0) is 12.5. The van der Waals surface area contributed by atoms with Crippen LogP contribution in [0.2, 0.25) is 0 Å². The molecule has 0 aromatic heterocycles. The van der Waals surface area contributed by atoms with E-state index in [0.29, 0.717) is 24.7 Å². The fourth-order valence-corrected chi connectivity index (χ4v) is 3.48. The molecule has 0 bridgehead atoms. The molecule has 1 aliphatic carbocycles. The molecule has 1 fully saturated rings. The third kappa shape index (κ3) is 2.61. The second-order valence-corrected chi connectivity index (χ2v) is 6.34.